The predicted octanol–water partition coefficient (Wildman–Crippen LogP) is 4.59. The van der Waals surface area contributed by atoms with Crippen LogP contribution >= 0.6 is 23.2 Å². The number of anilines is 1. The van der Waals surface area contributed by atoms with Gasteiger partial charge in [0.05, 0.1) is 0 Å². The fourth-order valence-corrected chi connectivity index (χ4v) is 2.28. The normalized spacial score (nSPS) is 17.3. The number of nitrogens with one attached hydrogen (secondary N) is 1. The maximum atomic E-state index is 11.9. The molecule has 0 saturated carbocycles. The lowest BCUT2D eigenvalue weighted by atomic mass is 10.1. The second-order valence-corrected chi connectivity index (χ2v) is 5.46. The quantitative estimate of drug-likeness (QED) is 0.841. The summed E-state index contributed by atoms with van der Waals surface area (Å²) in [6.07, 6.45) is 1.35. The second kappa shape index (κ2) is 5.80. The van der Waals surface area contributed by atoms with Gasteiger partial charge in [-0.25, -0.2) is 4.79 Å². The van der Waals surface area contributed by atoms with E-state index in [9.17, 15) is 4.79 Å². The van der Waals surface area contributed by atoms with E-state index in [0.717, 1.165) is 11.3 Å². The fourth-order valence-electron chi connectivity index (χ4n) is 2.03. The van der Waals surface area contributed by atoms with Crippen molar-refractivity contribution in [2.75, 3.05) is 5.32 Å². The van der Waals surface area contributed by atoms with E-state index in [1.807, 2.05) is 12.1 Å². The van der Waals surface area contributed by atoms with Crippen molar-refractivity contribution in [3.8, 4) is 0 Å². The van der Waals surface area contributed by atoms with Crippen LogP contribution in [0, 0.1) is 0 Å². The Morgan fingerprint density at radius 1 is 0.905 bits per heavy atom. The zero-order valence-corrected chi connectivity index (χ0v) is 12.4. The van der Waals surface area contributed by atoms with Crippen LogP contribution in [0.5, 0.6) is 0 Å². The molecule has 0 bridgehead atoms. The van der Waals surface area contributed by atoms with Crippen LogP contribution in [0.4, 0.5) is 5.69 Å². The van der Waals surface area contributed by atoms with Crippen molar-refractivity contribution >= 4 is 34.9 Å². The number of carbonyl (C=O) groups is 1. The van der Waals surface area contributed by atoms with Gasteiger partial charge in [0.2, 0.25) is 0 Å². The number of halogens is 2. The first-order valence-electron chi connectivity index (χ1n) is 6.33. The summed E-state index contributed by atoms with van der Waals surface area (Å²) >= 11 is 11.7. The van der Waals surface area contributed by atoms with Gasteiger partial charge < -0.3 is 10.1 Å². The molecule has 1 N–H and O–H groups in total. The lowest BCUT2D eigenvalue weighted by Gasteiger charge is -2.07. The zero-order valence-electron chi connectivity index (χ0n) is 10.8. The third-order valence-corrected chi connectivity index (χ3v) is 3.60. The molecule has 0 saturated heterocycles. The molecule has 5 heteroatoms. The van der Waals surface area contributed by atoms with Crippen LogP contribution in [-0.4, -0.2) is 5.97 Å². The van der Waals surface area contributed by atoms with Crippen LogP contribution in [0.25, 0.3) is 0 Å². The molecule has 1 atom stereocenters. The number of cyclic esters (lactones) is 1. The Balaban J connectivity index is 1.79. The predicted molar refractivity (Wildman–Crippen MR) is 83.4 cm³/mol. The van der Waals surface area contributed by atoms with Gasteiger partial charge in [0.15, 0.2) is 0 Å². The van der Waals surface area contributed by atoms with Crippen molar-refractivity contribution in [3.05, 3.63) is 75.9 Å². The molecule has 106 valence electrons. The average Bonchev–Trinajstić information content (AvgIpc) is 2.83. The Hall–Kier alpha value is -1.97. The zero-order chi connectivity index (χ0) is 14.8. The van der Waals surface area contributed by atoms with Crippen molar-refractivity contribution in [1.29, 1.82) is 0 Å². The average molecular weight is 320 g/mol. The summed E-state index contributed by atoms with van der Waals surface area (Å²) in [4.78, 5) is 11.9. The highest BCUT2D eigenvalue weighted by molar-refractivity contribution is 6.30. The summed E-state index contributed by atoms with van der Waals surface area (Å²) < 4.78 is 5.33. The molecule has 0 aromatic heterocycles. The van der Waals surface area contributed by atoms with Crippen molar-refractivity contribution in [1.82, 2.24) is 0 Å². The first-order valence-corrected chi connectivity index (χ1v) is 7.08. The Bertz CT molecular complexity index is 693. The third-order valence-electron chi connectivity index (χ3n) is 3.09. The number of hydrogen-bond acceptors (Lipinski definition) is 3. The van der Waals surface area contributed by atoms with Gasteiger partial charge in [-0.05, 0) is 48.0 Å². The van der Waals surface area contributed by atoms with Gasteiger partial charge in [-0.3, -0.25) is 0 Å². The van der Waals surface area contributed by atoms with Crippen LogP contribution in [0.15, 0.2) is 60.3 Å². The summed E-state index contributed by atoms with van der Waals surface area (Å²) in [5, 5.41) is 4.32. The summed E-state index contributed by atoms with van der Waals surface area (Å²) in [6.45, 7) is 0. The molecule has 0 amide bonds. The molecule has 2 aromatic carbocycles. The minimum absolute atomic E-state index is 0.384. The molecule has 0 spiro atoms. The van der Waals surface area contributed by atoms with Crippen LogP contribution in [0.1, 0.15) is 11.7 Å². The maximum Gasteiger partial charge on any atom is 0.355 e. The van der Waals surface area contributed by atoms with E-state index >= 15 is 0 Å². The van der Waals surface area contributed by atoms with Crippen molar-refractivity contribution in [2.24, 2.45) is 0 Å². The molecule has 3 nitrogen and oxygen atoms in total. The molecule has 1 unspecified atom stereocenters. The van der Waals surface area contributed by atoms with E-state index in [1.54, 1.807) is 42.5 Å². The van der Waals surface area contributed by atoms with E-state index in [-0.39, 0.29) is 5.97 Å². The minimum Gasteiger partial charge on any atom is -0.448 e. The molecule has 0 fully saturated rings. The Morgan fingerprint density at radius 2 is 1.48 bits per heavy atom. The number of hydrogen-bond donors (Lipinski definition) is 1. The lowest BCUT2D eigenvalue weighted by Crippen LogP contribution is -2.08. The van der Waals surface area contributed by atoms with E-state index < -0.39 is 6.10 Å². The highest BCUT2D eigenvalue weighted by Crippen LogP contribution is 2.29. The molecule has 3 rings (SSSR count). The smallest absolute Gasteiger partial charge is 0.355 e. The monoisotopic (exact) mass is 319 g/mol. The van der Waals surface area contributed by atoms with Gasteiger partial charge >= 0.3 is 5.97 Å². The molecule has 0 radical (unpaired) electrons. The summed E-state index contributed by atoms with van der Waals surface area (Å²) in [7, 11) is 0. The van der Waals surface area contributed by atoms with E-state index in [4.69, 9.17) is 27.9 Å². The molecule has 0 aliphatic carbocycles. The molecule has 21 heavy (non-hydrogen) atoms. The van der Waals surface area contributed by atoms with Crippen molar-refractivity contribution in [3.63, 3.8) is 0 Å². The lowest BCUT2D eigenvalue weighted by molar-refractivity contribution is -0.139. The van der Waals surface area contributed by atoms with E-state index in [1.165, 1.54) is 0 Å². The van der Waals surface area contributed by atoms with Gasteiger partial charge in [0.25, 0.3) is 0 Å². The topological polar surface area (TPSA) is 38.3 Å². The van der Waals surface area contributed by atoms with Crippen LogP contribution < -0.4 is 5.32 Å². The van der Waals surface area contributed by atoms with Gasteiger partial charge in [-0.2, -0.15) is 0 Å². The number of esters is 1. The second-order valence-electron chi connectivity index (χ2n) is 4.59. The third kappa shape index (κ3) is 3.20. The Morgan fingerprint density at radius 3 is 2.10 bits per heavy atom. The largest absolute Gasteiger partial charge is 0.448 e. The number of carbonyl (C=O) groups excluding carboxylic acids is 1. The van der Waals surface area contributed by atoms with Gasteiger partial charge in [-0.1, -0.05) is 35.3 Å². The van der Waals surface area contributed by atoms with Crippen LogP contribution in [0.2, 0.25) is 10.0 Å². The molecular weight excluding hydrogens is 309 g/mol. The van der Waals surface area contributed by atoms with Crippen molar-refractivity contribution < 1.29 is 9.53 Å². The van der Waals surface area contributed by atoms with E-state index in [0.29, 0.717) is 15.7 Å². The van der Waals surface area contributed by atoms with Crippen molar-refractivity contribution in [2.45, 2.75) is 6.10 Å². The maximum absolute atomic E-state index is 11.9. The number of benzene rings is 2. The molecule has 1 aliphatic heterocycles. The molecular formula is C16H11Cl2NO2. The number of ether oxygens (including phenoxy) is 1. The Kier molecular flexibility index (Phi) is 3.86. The fraction of sp³-hybridized carbons (Fsp3) is 0.0625. The molecule has 1 heterocycles. The summed E-state index contributed by atoms with van der Waals surface area (Å²) in [5.74, 6) is -0.384. The first kappa shape index (κ1) is 14.0. The Labute approximate surface area is 132 Å². The number of rotatable bonds is 3. The summed E-state index contributed by atoms with van der Waals surface area (Å²) in [6, 6.07) is 14.3. The standard InChI is InChI=1S/C16H11Cl2NO2/c17-11-3-1-10(2-4-11)15-9-14(16(20)21-15)19-13-7-5-12(18)6-8-13/h1-9,15,19H. The highest BCUT2D eigenvalue weighted by atomic mass is 35.5. The van der Waals surface area contributed by atoms with Crippen LogP contribution in [-0.2, 0) is 9.53 Å². The first-order chi connectivity index (χ1) is 10.1. The summed E-state index contributed by atoms with van der Waals surface area (Å²) in [5.41, 5.74) is 2.07. The molecule has 2 aromatic rings. The minimum atomic E-state index is -0.399. The molecule has 1 aliphatic rings. The van der Waals surface area contributed by atoms with Gasteiger partial charge in [0.1, 0.15) is 11.8 Å². The van der Waals surface area contributed by atoms with Crippen LogP contribution in [0.3, 0.4) is 0 Å². The van der Waals surface area contributed by atoms with E-state index in [2.05, 4.69) is 5.32 Å². The highest BCUT2D eigenvalue weighted by Gasteiger charge is 2.26. The van der Waals surface area contributed by atoms with Gasteiger partial charge in [-0.15, -0.1) is 0 Å². The SMILES string of the molecule is O=C1OC(c2ccc(Cl)cc2)C=C1Nc1ccc(Cl)cc1. The van der Waals surface area contributed by atoms with Gasteiger partial charge in [0, 0.05) is 15.7 Å².